The third kappa shape index (κ3) is 3.41. The number of aliphatic imine (C=N–C) groups is 1. The zero-order valence-corrected chi connectivity index (χ0v) is 12.6. The molecule has 1 aromatic carbocycles. The summed E-state index contributed by atoms with van der Waals surface area (Å²) in [6.07, 6.45) is 1.11. The fourth-order valence-corrected chi connectivity index (χ4v) is 2.69. The molecule has 0 fully saturated rings. The van der Waals surface area contributed by atoms with Crippen LogP contribution in [0.15, 0.2) is 23.2 Å². The molecule has 7 heteroatoms. The standard InChI is InChI=1S/C13H19N3O3S/c1-9(13-14-6-7-15-13)10-4-5-11(12(8-10)19-2)16-20(3,17)18/h4-5,8-9,16H,6-7H2,1-3H3,(H,14,15). The Morgan fingerprint density at radius 1 is 1.45 bits per heavy atom. The number of nitrogens with one attached hydrogen (secondary N) is 2. The molecule has 0 saturated carbocycles. The SMILES string of the molecule is COc1cc(C(C)C2=NCCN2)ccc1NS(C)(=O)=O. The molecular weight excluding hydrogens is 278 g/mol. The monoisotopic (exact) mass is 297 g/mol. The van der Waals surface area contributed by atoms with E-state index in [-0.39, 0.29) is 5.92 Å². The van der Waals surface area contributed by atoms with Crippen LogP contribution in [0.3, 0.4) is 0 Å². The van der Waals surface area contributed by atoms with Crippen molar-refractivity contribution in [2.45, 2.75) is 12.8 Å². The third-order valence-corrected chi connectivity index (χ3v) is 3.72. The van der Waals surface area contributed by atoms with Crippen LogP contribution >= 0.6 is 0 Å². The van der Waals surface area contributed by atoms with Crippen LogP contribution in [0.4, 0.5) is 5.69 Å². The summed E-state index contributed by atoms with van der Waals surface area (Å²) in [7, 11) is -1.81. The molecule has 0 spiro atoms. The van der Waals surface area contributed by atoms with Crippen molar-refractivity contribution in [2.24, 2.45) is 4.99 Å². The zero-order valence-electron chi connectivity index (χ0n) is 11.8. The van der Waals surface area contributed by atoms with Crippen LogP contribution in [-0.4, -0.2) is 40.7 Å². The molecule has 1 aliphatic heterocycles. The first-order chi connectivity index (χ1) is 9.40. The second kappa shape index (κ2) is 5.70. The van der Waals surface area contributed by atoms with Crippen molar-refractivity contribution in [3.63, 3.8) is 0 Å². The number of sulfonamides is 1. The lowest BCUT2D eigenvalue weighted by molar-refractivity contribution is 0.416. The summed E-state index contributed by atoms with van der Waals surface area (Å²) in [5, 5.41) is 3.24. The summed E-state index contributed by atoms with van der Waals surface area (Å²) in [4.78, 5) is 4.40. The topological polar surface area (TPSA) is 79.8 Å². The highest BCUT2D eigenvalue weighted by molar-refractivity contribution is 7.92. The summed E-state index contributed by atoms with van der Waals surface area (Å²) in [6, 6.07) is 5.42. The quantitative estimate of drug-likeness (QED) is 0.855. The Kier molecular flexibility index (Phi) is 4.17. The van der Waals surface area contributed by atoms with Gasteiger partial charge >= 0.3 is 0 Å². The Bertz CT molecular complexity index is 626. The first-order valence-electron chi connectivity index (χ1n) is 6.34. The Balaban J connectivity index is 2.29. The van der Waals surface area contributed by atoms with E-state index in [1.165, 1.54) is 7.11 Å². The fourth-order valence-electron chi connectivity index (χ4n) is 2.13. The Labute approximate surface area is 119 Å². The maximum absolute atomic E-state index is 11.3. The van der Waals surface area contributed by atoms with Crippen molar-refractivity contribution in [1.29, 1.82) is 0 Å². The Morgan fingerprint density at radius 3 is 2.75 bits per heavy atom. The van der Waals surface area contributed by atoms with Crippen molar-refractivity contribution < 1.29 is 13.2 Å². The number of anilines is 1. The third-order valence-electron chi connectivity index (χ3n) is 3.13. The fraction of sp³-hybridized carbons (Fsp3) is 0.462. The predicted octanol–water partition coefficient (Wildman–Crippen LogP) is 1.17. The lowest BCUT2D eigenvalue weighted by atomic mass is 9.99. The van der Waals surface area contributed by atoms with E-state index in [9.17, 15) is 8.42 Å². The molecule has 0 saturated heterocycles. The average molecular weight is 297 g/mol. The van der Waals surface area contributed by atoms with Crippen LogP contribution in [0.1, 0.15) is 18.4 Å². The van der Waals surface area contributed by atoms with Gasteiger partial charge in [0.2, 0.25) is 10.0 Å². The van der Waals surface area contributed by atoms with E-state index in [1.807, 2.05) is 12.1 Å². The molecule has 110 valence electrons. The van der Waals surface area contributed by atoms with E-state index in [1.54, 1.807) is 6.07 Å². The number of hydrogen-bond donors (Lipinski definition) is 2. The van der Waals surface area contributed by atoms with E-state index >= 15 is 0 Å². The molecule has 20 heavy (non-hydrogen) atoms. The first kappa shape index (κ1) is 14.6. The van der Waals surface area contributed by atoms with Gasteiger partial charge in [-0.1, -0.05) is 13.0 Å². The zero-order chi connectivity index (χ0) is 14.8. The minimum atomic E-state index is -3.32. The van der Waals surface area contributed by atoms with E-state index in [0.717, 1.165) is 30.7 Å². The second-order valence-corrected chi connectivity index (χ2v) is 6.50. The largest absolute Gasteiger partial charge is 0.495 e. The molecule has 0 radical (unpaired) electrons. The van der Waals surface area contributed by atoms with Gasteiger partial charge < -0.3 is 10.1 Å². The van der Waals surface area contributed by atoms with Crippen LogP contribution < -0.4 is 14.8 Å². The highest BCUT2D eigenvalue weighted by atomic mass is 32.2. The molecule has 2 rings (SSSR count). The van der Waals surface area contributed by atoms with Gasteiger partial charge in [0, 0.05) is 12.5 Å². The number of methoxy groups -OCH3 is 1. The summed E-state index contributed by atoms with van der Waals surface area (Å²) in [5.41, 5.74) is 1.46. The Morgan fingerprint density at radius 2 is 2.20 bits per heavy atom. The second-order valence-electron chi connectivity index (χ2n) is 4.75. The minimum Gasteiger partial charge on any atom is -0.495 e. The van der Waals surface area contributed by atoms with Crippen LogP contribution in [0.2, 0.25) is 0 Å². The van der Waals surface area contributed by atoms with Gasteiger partial charge in [0.25, 0.3) is 0 Å². The van der Waals surface area contributed by atoms with Gasteiger partial charge in [-0.25, -0.2) is 8.42 Å². The van der Waals surface area contributed by atoms with Crippen LogP contribution in [-0.2, 0) is 10.0 Å². The van der Waals surface area contributed by atoms with Crippen molar-refractivity contribution >= 4 is 21.5 Å². The highest BCUT2D eigenvalue weighted by Crippen LogP contribution is 2.30. The van der Waals surface area contributed by atoms with Crippen molar-refractivity contribution in [1.82, 2.24) is 5.32 Å². The Hall–Kier alpha value is -1.76. The van der Waals surface area contributed by atoms with Gasteiger partial charge in [0.05, 0.1) is 25.6 Å². The van der Waals surface area contributed by atoms with Gasteiger partial charge in [-0.05, 0) is 17.7 Å². The molecule has 2 N–H and O–H groups in total. The lowest BCUT2D eigenvalue weighted by Gasteiger charge is -2.16. The molecule has 1 heterocycles. The van der Waals surface area contributed by atoms with Gasteiger partial charge in [-0.3, -0.25) is 9.71 Å². The van der Waals surface area contributed by atoms with E-state index in [2.05, 4.69) is 22.0 Å². The number of amidine groups is 1. The molecule has 1 unspecified atom stereocenters. The molecule has 0 bridgehead atoms. The lowest BCUT2D eigenvalue weighted by Crippen LogP contribution is -2.24. The first-order valence-corrected chi connectivity index (χ1v) is 8.24. The molecule has 1 aromatic rings. The van der Waals surface area contributed by atoms with E-state index < -0.39 is 10.0 Å². The van der Waals surface area contributed by atoms with Crippen molar-refractivity contribution in [3.05, 3.63) is 23.8 Å². The normalized spacial score (nSPS) is 16.2. The van der Waals surface area contributed by atoms with Crippen molar-refractivity contribution in [3.8, 4) is 5.75 Å². The van der Waals surface area contributed by atoms with Gasteiger partial charge in [-0.15, -0.1) is 0 Å². The smallest absolute Gasteiger partial charge is 0.229 e. The number of hydrogen-bond acceptors (Lipinski definition) is 5. The number of rotatable bonds is 5. The van der Waals surface area contributed by atoms with Crippen LogP contribution in [0.5, 0.6) is 5.75 Å². The van der Waals surface area contributed by atoms with Crippen molar-refractivity contribution in [2.75, 3.05) is 31.2 Å². The maximum atomic E-state index is 11.3. The van der Waals surface area contributed by atoms with Crippen LogP contribution in [0, 0.1) is 0 Å². The van der Waals surface area contributed by atoms with E-state index in [4.69, 9.17) is 4.74 Å². The van der Waals surface area contributed by atoms with Gasteiger partial charge in [-0.2, -0.15) is 0 Å². The molecule has 0 aliphatic carbocycles. The summed E-state index contributed by atoms with van der Waals surface area (Å²) >= 11 is 0. The summed E-state index contributed by atoms with van der Waals surface area (Å²) < 4.78 is 30.3. The summed E-state index contributed by atoms with van der Waals surface area (Å²) in [5.74, 6) is 1.58. The van der Waals surface area contributed by atoms with Gasteiger partial charge in [0.1, 0.15) is 11.6 Å². The maximum Gasteiger partial charge on any atom is 0.229 e. The number of ether oxygens (including phenoxy) is 1. The van der Waals surface area contributed by atoms with Gasteiger partial charge in [0.15, 0.2) is 0 Å². The number of benzene rings is 1. The molecule has 1 atom stereocenters. The number of nitrogens with zero attached hydrogens (tertiary/aromatic N) is 1. The average Bonchev–Trinajstić information content (AvgIpc) is 2.90. The molecular formula is C13H19N3O3S. The molecule has 0 amide bonds. The predicted molar refractivity (Wildman–Crippen MR) is 80.2 cm³/mol. The molecule has 0 aromatic heterocycles. The molecule has 6 nitrogen and oxygen atoms in total. The minimum absolute atomic E-state index is 0.124. The molecule has 1 aliphatic rings. The van der Waals surface area contributed by atoms with Crippen LogP contribution in [0.25, 0.3) is 0 Å². The summed E-state index contributed by atoms with van der Waals surface area (Å²) in [6.45, 7) is 3.71. The highest BCUT2D eigenvalue weighted by Gasteiger charge is 2.18. The van der Waals surface area contributed by atoms with E-state index in [0.29, 0.717) is 11.4 Å².